The third-order valence-electron chi connectivity index (χ3n) is 3.46. The molecular formula is C19H21NO3S. The van der Waals surface area contributed by atoms with Crippen molar-refractivity contribution in [2.24, 2.45) is 0 Å². The van der Waals surface area contributed by atoms with Crippen molar-refractivity contribution in [3.63, 3.8) is 0 Å². The van der Waals surface area contributed by atoms with Gasteiger partial charge >= 0.3 is 5.97 Å². The van der Waals surface area contributed by atoms with Crippen LogP contribution in [-0.2, 0) is 16.1 Å². The van der Waals surface area contributed by atoms with Crippen LogP contribution >= 0.6 is 11.8 Å². The maximum atomic E-state index is 12.3. The van der Waals surface area contributed by atoms with Crippen LogP contribution in [-0.4, -0.2) is 29.9 Å². The Morgan fingerprint density at radius 3 is 2.29 bits per heavy atom. The van der Waals surface area contributed by atoms with E-state index in [0.717, 1.165) is 11.3 Å². The van der Waals surface area contributed by atoms with Crippen LogP contribution in [0.1, 0.15) is 22.3 Å². The normalized spacial score (nSPS) is 11.5. The average molecular weight is 343 g/mol. The van der Waals surface area contributed by atoms with E-state index in [1.165, 1.54) is 0 Å². The van der Waals surface area contributed by atoms with Crippen molar-refractivity contribution >= 4 is 23.6 Å². The number of thioether (sulfide) groups is 1. The molecule has 126 valence electrons. The lowest BCUT2D eigenvalue weighted by Crippen LogP contribution is -2.42. The molecule has 0 heterocycles. The number of nitrogens with one attached hydrogen (secondary N) is 1. The summed E-state index contributed by atoms with van der Waals surface area (Å²) in [4.78, 5) is 24.6. The monoisotopic (exact) mass is 343 g/mol. The van der Waals surface area contributed by atoms with Gasteiger partial charge in [0.25, 0.3) is 5.91 Å². The SMILES string of the molecule is CSCC[C@H](NC(=O)c1ccccc1)C(=O)OCc1ccccc1. The predicted molar refractivity (Wildman–Crippen MR) is 96.9 cm³/mol. The molecular weight excluding hydrogens is 322 g/mol. The molecule has 0 bridgehead atoms. The number of rotatable bonds is 8. The minimum Gasteiger partial charge on any atom is -0.459 e. The maximum absolute atomic E-state index is 12.3. The molecule has 0 unspecified atom stereocenters. The van der Waals surface area contributed by atoms with E-state index >= 15 is 0 Å². The van der Waals surface area contributed by atoms with Gasteiger partial charge in [-0.05, 0) is 36.1 Å². The van der Waals surface area contributed by atoms with Gasteiger partial charge in [0, 0.05) is 5.56 Å². The summed E-state index contributed by atoms with van der Waals surface area (Å²) < 4.78 is 5.36. The first kappa shape index (κ1) is 18.1. The van der Waals surface area contributed by atoms with Crippen LogP contribution in [0.5, 0.6) is 0 Å². The lowest BCUT2D eigenvalue weighted by atomic mass is 10.1. The van der Waals surface area contributed by atoms with E-state index in [0.29, 0.717) is 12.0 Å². The molecule has 2 rings (SSSR count). The van der Waals surface area contributed by atoms with Gasteiger partial charge in [0.05, 0.1) is 0 Å². The Bertz CT molecular complexity index is 646. The van der Waals surface area contributed by atoms with E-state index in [9.17, 15) is 9.59 Å². The highest BCUT2D eigenvalue weighted by molar-refractivity contribution is 7.98. The second-order valence-corrected chi connectivity index (χ2v) is 6.25. The topological polar surface area (TPSA) is 55.4 Å². The first-order valence-electron chi connectivity index (χ1n) is 7.76. The summed E-state index contributed by atoms with van der Waals surface area (Å²) in [6.07, 6.45) is 2.50. The molecule has 5 heteroatoms. The lowest BCUT2D eigenvalue weighted by molar-refractivity contribution is -0.147. The second-order valence-electron chi connectivity index (χ2n) is 5.27. The zero-order valence-corrected chi connectivity index (χ0v) is 14.4. The summed E-state index contributed by atoms with van der Waals surface area (Å²) in [6, 6.07) is 17.7. The minimum atomic E-state index is -0.645. The summed E-state index contributed by atoms with van der Waals surface area (Å²) in [5.74, 6) is 0.0933. The fourth-order valence-electron chi connectivity index (χ4n) is 2.15. The number of carbonyl (C=O) groups excluding carboxylic acids is 2. The molecule has 1 N–H and O–H groups in total. The van der Waals surface area contributed by atoms with Crippen LogP contribution in [0.4, 0.5) is 0 Å². The highest BCUT2D eigenvalue weighted by Crippen LogP contribution is 2.08. The number of carbonyl (C=O) groups is 2. The van der Waals surface area contributed by atoms with Crippen LogP contribution in [0, 0.1) is 0 Å². The van der Waals surface area contributed by atoms with Crippen molar-refractivity contribution in [3.05, 3.63) is 71.8 Å². The summed E-state index contributed by atoms with van der Waals surface area (Å²) in [7, 11) is 0. The fraction of sp³-hybridized carbons (Fsp3) is 0.263. The van der Waals surface area contributed by atoms with Crippen molar-refractivity contribution in [1.29, 1.82) is 0 Å². The Balaban J connectivity index is 1.96. The maximum Gasteiger partial charge on any atom is 0.329 e. The number of esters is 1. The zero-order chi connectivity index (χ0) is 17.2. The highest BCUT2D eigenvalue weighted by Gasteiger charge is 2.22. The molecule has 0 radical (unpaired) electrons. The van der Waals surface area contributed by atoms with E-state index in [4.69, 9.17) is 4.74 Å². The van der Waals surface area contributed by atoms with Gasteiger partial charge in [0.2, 0.25) is 0 Å². The van der Waals surface area contributed by atoms with Crippen LogP contribution in [0.3, 0.4) is 0 Å². The summed E-state index contributed by atoms with van der Waals surface area (Å²) in [5.41, 5.74) is 1.45. The van der Waals surface area contributed by atoms with Gasteiger partial charge < -0.3 is 10.1 Å². The van der Waals surface area contributed by atoms with E-state index in [2.05, 4.69) is 5.32 Å². The number of hydrogen-bond donors (Lipinski definition) is 1. The predicted octanol–water partition coefficient (Wildman–Crippen LogP) is 3.28. The van der Waals surface area contributed by atoms with Crippen molar-refractivity contribution in [2.45, 2.75) is 19.1 Å². The van der Waals surface area contributed by atoms with E-state index in [1.54, 1.807) is 36.0 Å². The average Bonchev–Trinajstić information content (AvgIpc) is 2.64. The molecule has 4 nitrogen and oxygen atoms in total. The van der Waals surface area contributed by atoms with Crippen molar-refractivity contribution in [3.8, 4) is 0 Å². The number of benzene rings is 2. The standard InChI is InChI=1S/C19H21NO3S/c1-24-13-12-17(20-18(21)16-10-6-3-7-11-16)19(22)23-14-15-8-4-2-5-9-15/h2-11,17H,12-14H2,1H3,(H,20,21)/t17-/m0/s1. The van der Waals surface area contributed by atoms with Crippen LogP contribution in [0.2, 0.25) is 0 Å². The summed E-state index contributed by atoms with van der Waals surface area (Å²) in [6.45, 7) is 0.205. The van der Waals surface area contributed by atoms with Gasteiger partial charge in [-0.3, -0.25) is 4.79 Å². The highest BCUT2D eigenvalue weighted by atomic mass is 32.2. The number of amides is 1. The van der Waals surface area contributed by atoms with Gasteiger partial charge in [-0.25, -0.2) is 4.79 Å². The third kappa shape index (κ3) is 5.74. The van der Waals surface area contributed by atoms with Gasteiger partial charge in [-0.2, -0.15) is 11.8 Å². The number of ether oxygens (including phenoxy) is 1. The van der Waals surface area contributed by atoms with Crippen LogP contribution in [0.25, 0.3) is 0 Å². The molecule has 2 aromatic rings. The summed E-state index contributed by atoms with van der Waals surface area (Å²) >= 11 is 1.63. The van der Waals surface area contributed by atoms with E-state index in [1.807, 2.05) is 42.7 Å². The smallest absolute Gasteiger partial charge is 0.329 e. The molecule has 24 heavy (non-hydrogen) atoms. The molecule has 0 aliphatic rings. The molecule has 0 aliphatic heterocycles. The van der Waals surface area contributed by atoms with E-state index < -0.39 is 12.0 Å². The Labute approximate surface area is 146 Å². The Morgan fingerprint density at radius 1 is 1.04 bits per heavy atom. The molecule has 2 aromatic carbocycles. The first-order valence-corrected chi connectivity index (χ1v) is 9.15. The first-order chi connectivity index (χ1) is 11.7. The molecule has 1 amide bonds. The minimum absolute atomic E-state index is 0.205. The summed E-state index contributed by atoms with van der Waals surface area (Å²) in [5, 5.41) is 2.78. The van der Waals surface area contributed by atoms with Gasteiger partial charge in [0.1, 0.15) is 12.6 Å². The molecule has 0 aliphatic carbocycles. The van der Waals surface area contributed by atoms with Crippen molar-refractivity contribution < 1.29 is 14.3 Å². The van der Waals surface area contributed by atoms with Crippen LogP contribution < -0.4 is 5.32 Å². The largest absolute Gasteiger partial charge is 0.459 e. The third-order valence-corrected chi connectivity index (χ3v) is 4.10. The molecule has 0 aromatic heterocycles. The van der Waals surface area contributed by atoms with Crippen molar-refractivity contribution in [1.82, 2.24) is 5.32 Å². The molecule has 0 fully saturated rings. The van der Waals surface area contributed by atoms with Gasteiger partial charge in [-0.15, -0.1) is 0 Å². The van der Waals surface area contributed by atoms with E-state index in [-0.39, 0.29) is 12.5 Å². The second kappa shape index (κ2) is 9.78. The Hall–Kier alpha value is -2.27. The molecule has 0 saturated carbocycles. The molecule has 0 saturated heterocycles. The van der Waals surface area contributed by atoms with Gasteiger partial charge in [0.15, 0.2) is 0 Å². The quantitative estimate of drug-likeness (QED) is 0.748. The Kier molecular flexibility index (Phi) is 7.36. The lowest BCUT2D eigenvalue weighted by Gasteiger charge is -2.17. The van der Waals surface area contributed by atoms with Crippen molar-refractivity contribution in [2.75, 3.05) is 12.0 Å². The number of hydrogen-bond acceptors (Lipinski definition) is 4. The van der Waals surface area contributed by atoms with Crippen LogP contribution in [0.15, 0.2) is 60.7 Å². The Morgan fingerprint density at radius 2 is 1.67 bits per heavy atom. The fourth-order valence-corrected chi connectivity index (χ4v) is 2.62. The van der Waals surface area contributed by atoms with Gasteiger partial charge in [-0.1, -0.05) is 48.5 Å². The molecule has 1 atom stereocenters. The zero-order valence-electron chi connectivity index (χ0n) is 13.6. The molecule has 0 spiro atoms.